The van der Waals surface area contributed by atoms with Crippen LogP contribution in [0.5, 0.6) is 0 Å². The van der Waals surface area contributed by atoms with Crippen LogP contribution in [0.1, 0.15) is 15.9 Å². The van der Waals surface area contributed by atoms with Crippen LogP contribution >= 0.6 is 0 Å². The number of rotatable bonds is 2. The molecule has 0 spiro atoms. The maximum atomic E-state index is 12.7. The molecule has 0 atom stereocenters. The van der Waals surface area contributed by atoms with Crippen molar-refractivity contribution in [3.05, 3.63) is 71.8 Å². The summed E-state index contributed by atoms with van der Waals surface area (Å²) in [6, 6.07) is 19.3. The topological polar surface area (TPSA) is 70.1 Å². The Kier molecular flexibility index (Phi) is 2.58. The van der Waals surface area contributed by atoms with Crippen molar-refractivity contribution in [2.24, 2.45) is 5.10 Å². The standard InChI is InChI=1S/C19H12N4O/c24-18-13-8-4-6-11-5-3-7-12(16(11)13)17(18)22-23-19-20-14-9-1-2-10-15(14)21-19/h1-10H,(H2,20,21,23). The molecule has 0 unspecified atom stereocenters. The lowest BCUT2D eigenvalue weighted by Gasteiger charge is -2.00. The van der Waals surface area contributed by atoms with Gasteiger partial charge in [-0.3, -0.25) is 4.79 Å². The third kappa shape index (κ3) is 1.78. The molecule has 0 fully saturated rings. The van der Waals surface area contributed by atoms with Gasteiger partial charge in [-0.2, -0.15) is 5.10 Å². The molecule has 0 amide bonds. The Bertz CT molecular complexity index is 1120. The number of fused-ring (bicyclic) bond motifs is 1. The zero-order chi connectivity index (χ0) is 16.1. The quantitative estimate of drug-likeness (QED) is 0.554. The van der Waals surface area contributed by atoms with E-state index in [2.05, 4.69) is 20.5 Å². The number of hydrazone groups is 1. The number of hydrogen-bond acceptors (Lipinski definition) is 4. The average Bonchev–Trinajstić information content (AvgIpc) is 3.15. The van der Waals surface area contributed by atoms with E-state index in [9.17, 15) is 4.79 Å². The highest BCUT2D eigenvalue weighted by molar-refractivity contribution is 6.59. The van der Waals surface area contributed by atoms with Gasteiger partial charge in [-0.1, -0.05) is 48.5 Å². The summed E-state index contributed by atoms with van der Waals surface area (Å²) in [4.78, 5) is 20.2. The van der Waals surface area contributed by atoms with E-state index in [4.69, 9.17) is 0 Å². The van der Waals surface area contributed by atoms with Gasteiger partial charge in [0, 0.05) is 16.5 Å². The molecule has 5 heteroatoms. The van der Waals surface area contributed by atoms with E-state index in [0.717, 1.165) is 27.4 Å². The fraction of sp³-hybridized carbons (Fsp3) is 0. The predicted molar refractivity (Wildman–Crippen MR) is 94.5 cm³/mol. The highest BCUT2D eigenvalue weighted by Crippen LogP contribution is 2.31. The molecule has 0 saturated carbocycles. The number of carbonyl (C=O) groups excluding carboxylic acids is 1. The number of nitrogens with zero attached hydrogens (tertiary/aromatic N) is 2. The summed E-state index contributed by atoms with van der Waals surface area (Å²) < 4.78 is 0. The molecule has 1 aromatic heterocycles. The Morgan fingerprint density at radius 2 is 1.71 bits per heavy atom. The van der Waals surface area contributed by atoms with Crippen LogP contribution in [0.2, 0.25) is 0 Å². The summed E-state index contributed by atoms with van der Waals surface area (Å²) in [6.07, 6.45) is 0. The summed E-state index contributed by atoms with van der Waals surface area (Å²) >= 11 is 0. The van der Waals surface area contributed by atoms with Crippen LogP contribution < -0.4 is 5.43 Å². The van der Waals surface area contributed by atoms with Gasteiger partial charge in [0.05, 0.1) is 11.0 Å². The smallest absolute Gasteiger partial charge is 0.222 e. The number of H-pyrrole nitrogens is 1. The van der Waals surface area contributed by atoms with Gasteiger partial charge in [-0.25, -0.2) is 10.4 Å². The van der Waals surface area contributed by atoms with Gasteiger partial charge in [-0.15, -0.1) is 0 Å². The molecular weight excluding hydrogens is 300 g/mol. The number of ketones is 1. The molecule has 0 radical (unpaired) electrons. The lowest BCUT2D eigenvalue weighted by Crippen LogP contribution is -2.11. The highest BCUT2D eigenvalue weighted by Gasteiger charge is 2.28. The van der Waals surface area contributed by atoms with Gasteiger partial charge in [-0.05, 0) is 17.5 Å². The molecule has 24 heavy (non-hydrogen) atoms. The first-order valence-electron chi connectivity index (χ1n) is 7.66. The van der Waals surface area contributed by atoms with E-state index in [0.29, 0.717) is 17.2 Å². The zero-order valence-corrected chi connectivity index (χ0v) is 12.6. The van der Waals surface area contributed by atoms with Gasteiger partial charge in [0.25, 0.3) is 0 Å². The van der Waals surface area contributed by atoms with Crippen LogP contribution in [0.3, 0.4) is 0 Å². The number of benzene rings is 3. The predicted octanol–water partition coefficient (Wildman–Crippen LogP) is 3.73. The van der Waals surface area contributed by atoms with Gasteiger partial charge < -0.3 is 4.98 Å². The van der Waals surface area contributed by atoms with E-state index in [1.165, 1.54) is 0 Å². The highest BCUT2D eigenvalue weighted by atomic mass is 16.1. The van der Waals surface area contributed by atoms with Crippen molar-refractivity contribution >= 4 is 39.2 Å². The molecule has 5 rings (SSSR count). The van der Waals surface area contributed by atoms with Crippen LogP contribution in [-0.2, 0) is 0 Å². The van der Waals surface area contributed by atoms with Crippen LogP contribution in [0, 0.1) is 0 Å². The number of anilines is 1. The normalized spacial score (nSPS) is 14.8. The minimum Gasteiger partial charge on any atom is -0.323 e. The second kappa shape index (κ2) is 4.76. The van der Waals surface area contributed by atoms with Crippen LogP contribution in [0.25, 0.3) is 21.8 Å². The largest absolute Gasteiger partial charge is 0.323 e. The van der Waals surface area contributed by atoms with Crippen LogP contribution in [0.15, 0.2) is 65.8 Å². The van der Waals surface area contributed by atoms with Crippen molar-refractivity contribution in [1.82, 2.24) is 9.97 Å². The third-order valence-corrected chi connectivity index (χ3v) is 4.28. The SMILES string of the molecule is O=C1C(=NNc2nc3ccccc3[nH]2)c2cccc3cccc1c23. The average molecular weight is 312 g/mol. The Morgan fingerprint density at radius 1 is 0.917 bits per heavy atom. The van der Waals surface area contributed by atoms with Crippen molar-refractivity contribution in [3.8, 4) is 0 Å². The van der Waals surface area contributed by atoms with Gasteiger partial charge in [0.2, 0.25) is 11.7 Å². The Morgan fingerprint density at radius 3 is 2.54 bits per heavy atom. The molecule has 1 aliphatic rings. The number of aromatic nitrogens is 2. The van der Waals surface area contributed by atoms with Gasteiger partial charge in [0.15, 0.2) is 0 Å². The molecule has 114 valence electrons. The van der Waals surface area contributed by atoms with E-state index in [-0.39, 0.29) is 5.78 Å². The Labute approximate surface area is 137 Å². The Hall–Kier alpha value is -3.47. The molecule has 0 aliphatic heterocycles. The number of nitrogens with one attached hydrogen (secondary N) is 2. The lowest BCUT2D eigenvalue weighted by molar-refractivity contribution is 0.107. The molecule has 1 heterocycles. The van der Waals surface area contributed by atoms with E-state index in [1.54, 1.807) is 0 Å². The summed E-state index contributed by atoms with van der Waals surface area (Å²) in [6.45, 7) is 0. The summed E-state index contributed by atoms with van der Waals surface area (Å²) in [7, 11) is 0. The maximum absolute atomic E-state index is 12.7. The van der Waals surface area contributed by atoms with Crippen LogP contribution in [-0.4, -0.2) is 21.5 Å². The van der Waals surface area contributed by atoms with Crippen molar-refractivity contribution in [3.63, 3.8) is 0 Å². The molecular formula is C19H12N4O. The summed E-state index contributed by atoms with van der Waals surface area (Å²) in [5.74, 6) is 0.449. The number of para-hydroxylation sites is 2. The van der Waals surface area contributed by atoms with Crippen molar-refractivity contribution < 1.29 is 4.79 Å². The zero-order valence-electron chi connectivity index (χ0n) is 12.6. The van der Waals surface area contributed by atoms with E-state index >= 15 is 0 Å². The fourth-order valence-electron chi connectivity index (χ4n) is 3.20. The molecule has 5 nitrogen and oxygen atoms in total. The van der Waals surface area contributed by atoms with E-state index < -0.39 is 0 Å². The number of hydrogen-bond donors (Lipinski definition) is 2. The first-order valence-corrected chi connectivity index (χ1v) is 7.66. The second-order valence-electron chi connectivity index (χ2n) is 5.71. The van der Waals surface area contributed by atoms with Crippen LogP contribution in [0.4, 0.5) is 5.95 Å². The third-order valence-electron chi connectivity index (χ3n) is 4.28. The molecule has 0 saturated heterocycles. The second-order valence-corrected chi connectivity index (χ2v) is 5.71. The maximum Gasteiger partial charge on any atom is 0.222 e. The molecule has 2 N–H and O–H groups in total. The Balaban J connectivity index is 1.59. The van der Waals surface area contributed by atoms with Gasteiger partial charge in [0.1, 0.15) is 5.71 Å². The number of aromatic amines is 1. The van der Waals surface area contributed by atoms with E-state index in [1.807, 2.05) is 60.7 Å². The minimum atomic E-state index is -0.0644. The summed E-state index contributed by atoms with van der Waals surface area (Å²) in [5.41, 5.74) is 6.63. The first-order chi connectivity index (χ1) is 11.8. The lowest BCUT2D eigenvalue weighted by atomic mass is 10.1. The van der Waals surface area contributed by atoms with Crippen molar-refractivity contribution in [2.75, 3.05) is 5.43 Å². The van der Waals surface area contributed by atoms with Crippen molar-refractivity contribution in [1.29, 1.82) is 0 Å². The molecule has 1 aliphatic carbocycles. The van der Waals surface area contributed by atoms with Gasteiger partial charge >= 0.3 is 0 Å². The molecule has 0 bridgehead atoms. The van der Waals surface area contributed by atoms with Crippen molar-refractivity contribution in [2.45, 2.75) is 0 Å². The summed E-state index contributed by atoms with van der Waals surface area (Å²) in [5, 5.41) is 6.35. The number of carbonyl (C=O) groups is 1. The molecule has 4 aromatic rings. The minimum absolute atomic E-state index is 0.0644. The fourth-order valence-corrected chi connectivity index (χ4v) is 3.20. The molecule has 3 aromatic carbocycles. The number of imidazole rings is 1. The number of Topliss-reactive ketones (excluding diaryl/α,β-unsaturated/α-hetero) is 1. The monoisotopic (exact) mass is 312 g/mol. The first kappa shape index (κ1) is 13.0.